The van der Waals surface area contributed by atoms with E-state index in [9.17, 15) is 4.39 Å². The average molecular weight is 278 g/mol. The second-order valence-corrected chi connectivity index (χ2v) is 6.56. The zero-order valence-corrected chi connectivity index (χ0v) is 13.0. The molecule has 0 aliphatic heterocycles. The van der Waals surface area contributed by atoms with E-state index in [0.29, 0.717) is 5.41 Å². The Morgan fingerprint density at radius 3 is 2.65 bits per heavy atom. The summed E-state index contributed by atoms with van der Waals surface area (Å²) in [6.07, 6.45) is 5.23. The fourth-order valence-electron chi connectivity index (χ4n) is 3.79. The van der Waals surface area contributed by atoms with Gasteiger partial charge in [0.15, 0.2) is 0 Å². The number of rotatable bonds is 5. The topological polar surface area (TPSA) is 15.3 Å². The summed E-state index contributed by atoms with van der Waals surface area (Å²) in [4.78, 5) is 2.27. The third kappa shape index (κ3) is 3.72. The molecule has 1 N–H and O–H groups in total. The van der Waals surface area contributed by atoms with Gasteiger partial charge in [0.1, 0.15) is 5.82 Å². The van der Waals surface area contributed by atoms with Crippen LogP contribution < -0.4 is 10.2 Å². The third-order valence-corrected chi connectivity index (χ3v) is 4.58. The molecule has 20 heavy (non-hydrogen) atoms. The number of hydrogen-bond acceptors (Lipinski definition) is 2. The van der Waals surface area contributed by atoms with Gasteiger partial charge < -0.3 is 10.2 Å². The molecule has 1 aliphatic rings. The third-order valence-electron chi connectivity index (χ3n) is 4.58. The lowest BCUT2D eigenvalue weighted by molar-refractivity contribution is 0.152. The van der Waals surface area contributed by atoms with Crippen molar-refractivity contribution in [1.29, 1.82) is 0 Å². The fraction of sp³-hybridized carbons (Fsp3) is 0.647. The zero-order chi connectivity index (χ0) is 14.6. The molecule has 112 valence electrons. The smallest absolute Gasteiger partial charge is 0.123 e. The van der Waals surface area contributed by atoms with Crippen LogP contribution in [-0.4, -0.2) is 27.2 Å². The van der Waals surface area contributed by atoms with Crippen molar-refractivity contribution in [2.24, 2.45) is 11.3 Å². The number of nitrogens with zero attached hydrogens (tertiary/aromatic N) is 1. The molecule has 2 nitrogen and oxygen atoms in total. The van der Waals surface area contributed by atoms with Gasteiger partial charge in [0.2, 0.25) is 0 Å². The van der Waals surface area contributed by atoms with Crippen LogP contribution in [0.15, 0.2) is 24.3 Å². The number of nitrogens with one attached hydrogen (secondary N) is 1. The molecule has 0 amide bonds. The van der Waals surface area contributed by atoms with E-state index in [1.807, 2.05) is 19.2 Å². The summed E-state index contributed by atoms with van der Waals surface area (Å²) < 4.78 is 13.0. The molecule has 1 aromatic rings. The van der Waals surface area contributed by atoms with Crippen molar-refractivity contribution in [1.82, 2.24) is 5.32 Å². The van der Waals surface area contributed by atoms with Crippen molar-refractivity contribution in [3.05, 3.63) is 30.1 Å². The second kappa shape index (κ2) is 6.57. The molecule has 2 unspecified atom stereocenters. The van der Waals surface area contributed by atoms with Gasteiger partial charge in [0.05, 0.1) is 0 Å². The van der Waals surface area contributed by atoms with E-state index in [1.54, 1.807) is 12.1 Å². The maximum Gasteiger partial charge on any atom is 0.123 e. The number of anilines is 1. The van der Waals surface area contributed by atoms with Crippen molar-refractivity contribution < 1.29 is 4.39 Å². The van der Waals surface area contributed by atoms with Gasteiger partial charge in [-0.15, -0.1) is 0 Å². The van der Waals surface area contributed by atoms with Crippen LogP contribution in [0.3, 0.4) is 0 Å². The quantitative estimate of drug-likeness (QED) is 0.884. The van der Waals surface area contributed by atoms with Gasteiger partial charge in [0, 0.05) is 31.2 Å². The SMILES string of the molecule is CNCC1(CN(C)c2ccc(F)cc2)CCCC(C)C1. The molecule has 0 heterocycles. The minimum absolute atomic E-state index is 0.168. The predicted octanol–water partition coefficient (Wildman–Crippen LogP) is 3.68. The number of hydrogen-bond donors (Lipinski definition) is 1. The summed E-state index contributed by atoms with van der Waals surface area (Å²) >= 11 is 0. The molecule has 3 heteroatoms. The first-order valence-electron chi connectivity index (χ1n) is 7.66. The van der Waals surface area contributed by atoms with E-state index in [-0.39, 0.29) is 5.82 Å². The Hall–Kier alpha value is -1.09. The number of benzene rings is 1. The number of halogens is 1. The van der Waals surface area contributed by atoms with Gasteiger partial charge >= 0.3 is 0 Å². The van der Waals surface area contributed by atoms with Gasteiger partial charge in [-0.1, -0.05) is 19.8 Å². The van der Waals surface area contributed by atoms with Gasteiger partial charge in [-0.3, -0.25) is 0 Å². The summed E-state index contributed by atoms with van der Waals surface area (Å²) in [5, 5.41) is 3.38. The Morgan fingerprint density at radius 2 is 2.05 bits per heavy atom. The highest BCUT2D eigenvalue weighted by molar-refractivity contribution is 5.45. The molecule has 0 saturated heterocycles. The largest absolute Gasteiger partial charge is 0.374 e. The summed E-state index contributed by atoms with van der Waals surface area (Å²) in [7, 11) is 4.16. The Labute approximate surface area is 122 Å². The fourth-order valence-corrected chi connectivity index (χ4v) is 3.79. The van der Waals surface area contributed by atoms with Crippen LogP contribution >= 0.6 is 0 Å². The lowest BCUT2D eigenvalue weighted by Gasteiger charge is -2.43. The molecular formula is C17H27FN2. The van der Waals surface area contributed by atoms with Crippen LogP contribution in [0.25, 0.3) is 0 Å². The molecule has 1 aliphatic carbocycles. The van der Waals surface area contributed by atoms with Crippen molar-refractivity contribution in [3.63, 3.8) is 0 Å². The van der Waals surface area contributed by atoms with Gasteiger partial charge in [-0.25, -0.2) is 4.39 Å². The monoisotopic (exact) mass is 278 g/mol. The normalized spacial score (nSPS) is 26.5. The molecule has 1 aromatic carbocycles. The predicted molar refractivity (Wildman–Crippen MR) is 83.7 cm³/mol. The molecule has 0 spiro atoms. The standard InChI is InChI=1S/C17H27FN2/c1-14-5-4-10-17(11-14,12-19-2)13-20(3)16-8-6-15(18)7-9-16/h6-9,14,19H,4-5,10-13H2,1-3H3. The Kier molecular flexibility index (Phi) is 5.03. The van der Waals surface area contributed by atoms with Crippen molar-refractivity contribution in [3.8, 4) is 0 Å². The molecule has 0 radical (unpaired) electrons. The van der Waals surface area contributed by atoms with Crippen LogP contribution in [0.4, 0.5) is 10.1 Å². The van der Waals surface area contributed by atoms with Crippen LogP contribution in [0.1, 0.15) is 32.6 Å². The minimum Gasteiger partial charge on any atom is -0.374 e. The summed E-state index contributed by atoms with van der Waals surface area (Å²) in [6, 6.07) is 6.82. The molecular weight excluding hydrogens is 251 g/mol. The molecule has 0 bridgehead atoms. The maximum atomic E-state index is 13.0. The molecule has 0 aromatic heterocycles. The second-order valence-electron chi connectivity index (χ2n) is 6.56. The summed E-state index contributed by atoms with van der Waals surface area (Å²) in [5.74, 6) is 0.636. The minimum atomic E-state index is -0.168. The first-order chi connectivity index (χ1) is 9.54. The van der Waals surface area contributed by atoms with E-state index in [4.69, 9.17) is 0 Å². The van der Waals surface area contributed by atoms with Crippen LogP contribution in [0.5, 0.6) is 0 Å². The highest BCUT2D eigenvalue weighted by Gasteiger charge is 2.35. The van der Waals surface area contributed by atoms with E-state index in [0.717, 1.165) is 24.7 Å². The zero-order valence-electron chi connectivity index (χ0n) is 13.0. The van der Waals surface area contributed by atoms with E-state index >= 15 is 0 Å². The Morgan fingerprint density at radius 1 is 1.35 bits per heavy atom. The first-order valence-corrected chi connectivity index (χ1v) is 7.66. The highest BCUT2D eigenvalue weighted by Crippen LogP contribution is 2.40. The van der Waals surface area contributed by atoms with E-state index in [1.165, 1.54) is 25.7 Å². The Balaban J connectivity index is 2.09. The van der Waals surface area contributed by atoms with Crippen LogP contribution in [0, 0.1) is 17.2 Å². The lowest BCUT2D eigenvalue weighted by Crippen LogP contribution is -2.45. The average Bonchev–Trinajstić information content (AvgIpc) is 2.39. The van der Waals surface area contributed by atoms with Crippen LogP contribution in [-0.2, 0) is 0 Å². The summed E-state index contributed by atoms with van der Waals surface area (Å²) in [5.41, 5.74) is 1.44. The van der Waals surface area contributed by atoms with Crippen molar-refractivity contribution >= 4 is 5.69 Å². The maximum absolute atomic E-state index is 13.0. The van der Waals surface area contributed by atoms with Gasteiger partial charge in [0.25, 0.3) is 0 Å². The van der Waals surface area contributed by atoms with Crippen molar-refractivity contribution in [2.75, 3.05) is 32.1 Å². The van der Waals surface area contributed by atoms with E-state index < -0.39 is 0 Å². The molecule has 1 fully saturated rings. The first kappa shape index (κ1) is 15.3. The molecule has 2 rings (SSSR count). The van der Waals surface area contributed by atoms with E-state index in [2.05, 4.69) is 24.2 Å². The highest BCUT2D eigenvalue weighted by atomic mass is 19.1. The molecule has 1 saturated carbocycles. The van der Waals surface area contributed by atoms with Gasteiger partial charge in [-0.05, 0) is 50.1 Å². The van der Waals surface area contributed by atoms with Crippen LogP contribution in [0.2, 0.25) is 0 Å². The van der Waals surface area contributed by atoms with Gasteiger partial charge in [-0.2, -0.15) is 0 Å². The molecule has 2 atom stereocenters. The van der Waals surface area contributed by atoms with Crippen molar-refractivity contribution in [2.45, 2.75) is 32.6 Å². The Bertz CT molecular complexity index is 414. The lowest BCUT2D eigenvalue weighted by atomic mass is 9.69. The summed E-state index contributed by atoms with van der Waals surface area (Å²) in [6.45, 7) is 4.45.